The number of hydrogen-bond donors (Lipinski definition) is 0. The van der Waals surface area contributed by atoms with E-state index in [1.165, 1.54) is 82.4 Å². The van der Waals surface area contributed by atoms with Gasteiger partial charge in [-0.3, -0.25) is 0 Å². The van der Waals surface area contributed by atoms with Gasteiger partial charge in [-0.25, -0.2) is 0 Å². The highest BCUT2D eigenvalue weighted by atomic mass is 15.1. The molecule has 0 heterocycles. The maximum absolute atomic E-state index is 2.44. The third kappa shape index (κ3) is 7.63. The highest BCUT2D eigenvalue weighted by Crippen LogP contribution is 2.45. The van der Waals surface area contributed by atoms with Crippen molar-refractivity contribution in [3.05, 3.63) is 273 Å². The van der Waals surface area contributed by atoms with Crippen molar-refractivity contribution in [1.82, 2.24) is 0 Å². The molecule has 12 rings (SSSR count). The SMILES string of the molecule is c1ccc(-c2cc(-c3ccccc3)cc(-c3ccc(N(c4ccc(-c5cc6ccccc6c6ccccc56)cc4)c4cc(-c5cccc6ccccc56)ccc4-c4ccccc4)cc3)c2)cc1. The Labute approximate surface area is 392 Å². The second-order valence-electron chi connectivity index (χ2n) is 17.3. The minimum absolute atomic E-state index is 1.07. The number of benzene rings is 12. The van der Waals surface area contributed by atoms with E-state index in [1.54, 1.807) is 0 Å². The first-order valence-corrected chi connectivity index (χ1v) is 23.1. The molecule has 0 unspecified atom stereocenters. The van der Waals surface area contributed by atoms with E-state index >= 15 is 0 Å². The molecule has 0 amide bonds. The van der Waals surface area contributed by atoms with Crippen LogP contribution in [0, 0.1) is 0 Å². The van der Waals surface area contributed by atoms with Gasteiger partial charge >= 0.3 is 0 Å². The summed E-state index contributed by atoms with van der Waals surface area (Å²) in [4.78, 5) is 2.44. The monoisotopic (exact) mass is 851 g/mol. The summed E-state index contributed by atoms with van der Waals surface area (Å²) in [6.07, 6.45) is 0. The van der Waals surface area contributed by atoms with Crippen LogP contribution in [0.25, 0.3) is 99.1 Å². The predicted molar refractivity (Wildman–Crippen MR) is 286 cm³/mol. The van der Waals surface area contributed by atoms with Crippen molar-refractivity contribution in [3.8, 4) is 66.8 Å². The van der Waals surface area contributed by atoms with Crippen molar-refractivity contribution in [3.63, 3.8) is 0 Å². The van der Waals surface area contributed by atoms with Gasteiger partial charge in [-0.2, -0.15) is 0 Å². The minimum atomic E-state index is 1.07. The molecule has 67 heavy (non-hydrogen) atoms. The van der Waals surface area contributed by atoms with E-state index in [0.717, 1.165) is 33.8 Å². The molecule has 0 atom stereocenters. The fraction of sp³-hybridized carbons (Fsp3) is 0. The van der Waals surface area contributed by atoms with E-state index < -0.39 is 0 Å². The van der Waals surface area contributed by atoms with Gasteiger partial charge in [-0.1, -0.05) is 218 Å². The van der Waals surface area contributed by atoms with E-state index in [9.17, 15) is 0 Å². The minimum Gasteiger partial charge on any atom is -0.310 e. The fourth-order valence-electron chi connectivity index (χ4n) is 9.93. The van der Waals surface area contributed by atoms with Crippen LogP contribution in [-0.4, -0.2) is 0 Å². The van der Waals surface area contributed by atoms with Gasteiger partial charge in [0.05, 0.1) is 5.69 Å². The zero-order valence-electron chi connectivity index (χ0n) is 36.9. The van der Waals surface area contributed by atoms with Crippen molar-refractivity contribution < 1.29 is 0 Å². The Morgan fingerprint density at radius 2 is 0.627 bits per heavy atom. The van der Waals surface area contributed by atoms with E-state index in [0.29, 0.717) is 0 Å². The van der Waals surface area contributed by atoms with E-state index in [2.05, 4.69) is 278 Å². The molecule has 0 radical (unpaired) electrons. The van der Waals surface area contributed by atoms with Gasteiger partial charge in [0.2, 0.25) is 0 Å². The molecule has 314 valence electrons. The first kappa shape index (κ1) is 39.8. The summed E-state index contributed by atoms with van der Waals surface area (Å²) in [5.74, 6) is 0. The molecule has 0 bridgehead atoms. The van der Waals surface area contributed by atoms with Gasteiger partial charge in [-0.15, -0.1) is 0 Å². The molecule has 0 N–H and O–H groups in total. The average molecular weight is 852 g/mol. The zero-order chi connectivity index (χ0) is 44.5. The largest absolute Gasteiger partial charge is 0.310 e. The summed E-state index contributed by atoms with van der Waals surface area (Å²) in [6, 6.07) is 99.6. The summed E-state index contributed by atoms with van der Waals surface area (Å²) in [6.45, 7) is 0. The van der Waals surface area contributed by atoms with Gasteiger partial charge < -0.3 is 4.90 Å². The number of hydrogen-bond acceptors (Lipinski definition) is 1. The Kier molecular flexibility index (Phi) is 10.3. The molecule has 1 heteroatoms. The number of nitrogens with zero attached hydrogens (tertiary/aromatic N) is 1. The van der Waals surface area contributed by atoms with Crippen LogP contribution in [0.5, 0.6) is 0 Å². The Morgan fingerprint density at radius 1 is 0.194 bits per heavy atom. The molecule has 12 aromatic rings. The lowest BCUT2D eigenvalue weighted by Gasteiger charge is -2.29. The van der Waals surface area contributed by atoms with Crippen LogP contribution < -0.4 is 4.90 Å². The van der Waals surface area contributed by atoms with E-state index in [4.69, 9.17) is 0 Å². The lowest BCUT2D eigenvalue weighted by molar-refractivity contribution is 1.28. The standard InChI is InChI=1S/C66H45N/c1-4-17-46(18-5-1)54-41-55(47-19-6-2-7-20-47)43-56(42-54)48-31-36-57(37-32-48)67(58-38-33-51(34-39-58)65-44-52-24-11-13-27-61(52)63-28-14-15-29-64(63)65)66-45-53(35-40-62(66)50-21-8-3-9-22-50)60-30-16-25-49-23-10-12-26-59(49)60/h1-45H. The number of fused-ring (bicyclic) bond motifs is 4. The van der Waals surface area contributed by atoms with Gasteiger partial charge in [0.25, 0.3) is 0 Å². The second-order valence-corrected chi connectivity index (χ2v) is 17.3. The maximum Gasteiger partial charge on any atom is 0.0546 e. The van der Waals surface area contributed by atoms with E-state index in [-0.39, 0.29) is 0 Å². The van der Waals surface area contributed by atoms with Crippen molar-refractivity contribution >= 4 is 49.4 Å². The molecule has 0 aromatic heterocycles. The lowest BCUT2D eigenvalue weighted by Crippen LogP contribution is -2.11. The van der Waals surface area contributed by atoms with Gasteiger partial charge in [0.15, 0.2) is 0 Å². The summed E-state index contributed by atoms with van der Waals surface area (Å²) in [7, 11) is 0. The molecular weight excluding hydrogens is 807 g/mol. The van der Waals surface area contributed by atoms with Gasteiger partial charge in [-0.05, 0) is 148 Å². The molecule has 1 nitrogen and oxygen atoms in total. The molecular formula is C66H45N. The molecule has 0 saturated heterocycles. The maximum atomic E-state index is 2.44. The van der Waals surface area contributed by atoms with Crippen LogP contribution in [0.1, 0.15) is 0 Å². The van der Waals surface area contributed by atoms with Crippen LogP contribution in [0.2, 0.25) is 0 Å². The van der Waals surface area contributed by atoms with Crippen molar-refractivity contribution in [2.75, 3.05) is 4.90 Å². The topological polar surface area (TPSA) is 3.24 Å². The van der Waals surface area contributed by atoms with Gasteiger partial charge in [0, 0.05) is 16.9 Å². The number of rotatable bonds is 9. The first-order valence-electron chi connectivity index (χ1n) is 23.1. The van der Waals surface area contributed by atoms with Crippen LogP contribution in [-0.2, 0) is 0 Å². The summed E-state index contributed by atoms with van der Waals surface area (Å²) < 4.78 is 0. The molecule has 0 saturated carbocycles. The fourth-order valence-corrected chi connectivity index (χ4v) is 9.93. The Bertz CT molecular complexity index is 3640. The normalized spacial score (nSPS) is 11.3. The average Bonchev–Trinajstić information content (AvgIpc) is 3.41. The van der Waals surface area contributed by atoms with Crippen molar-refractivity contribution in [2.24, 2.45) is 0 Å². The summed E-state index contributed by atoms with van der Waals surface area (Å²) in [5, 5.41) is 7.50. The third-order valence-electron chi connectivity index (χ3n) is 13.2. The third-order valence-corrected chi connectivity index (χ3v) is 13.2. The van der Waals surface area contributed by atoms with Crippen LogP contribution in [0.4, 0.5) is 17.1 Å². The molecule has 0 aliphatic heterocycles. The quantitative estimate of drug-likeness (QED) is 0.131. The lowest BCUT2D eigenvalue weighted by atomic mass is 9.92. The Balaban J connectivity index is 1.04. The predicted octanol–water partition coefficient (Wildman–Crippen LogP) is 18.6. The smallest absolute Gasteiger partial charge is 0.0546 e. The molecule has 12 aromatic carbocycles. The summed E-state index contributed by atoms with van der Waals surface area (Å²) >= 11 is 0. The van der Waals surface area contributed by atoms with E-state index in [1.807, 2.05) is 0 Å². The Hall–Kier alpha value is -8.78. The molecule has 0 fully saturated rings. The highest BCUT2D eigenvalue weighted by Gasteiger charge is 2.20. The van der Waals surface area contributed by atoms with Crippen LogP contribution in [0.3, 0.4) is 0 Å². The molecule has 0 aliphatic rings. The second kappa shape index (κ2) is 17.3. The van der Waals surface area contributed by atoms with Gasteiger partial charge in [0.1, 0.15) is 0 Å². The van der Waals surface area contributed by atoms with Crippen LogP contribution >= 0.6 is 0 Å². The zero-order valence-corrected chi connectivity index (χ0v) is 36.9. The highest BCUT2D eigenvalue weighted by molar-refractivity contribution is 6.14. The molecule has 0 aliphatic carbocycles. The van der Waals surface area contributed by atoms with Crippen molar-refractivity contribution in [1.29, 1.82) is 0 Å². The number of anilines is 3. The summed E-state index contributed by atoms with van der Waals surface area (Å²) in [5.41, 5.74) is 17.5. The Morgan fingerprint density at radius 3 is 1.24 bits per heavy atom. The first-order chi connectivity index (χ1) is 33.2. The van der Waals surface area contributed by atoms with Crippen LogP contribution in [0.15, 0.2) is 273 Å². The molecule has 0 spiro atoms. The van der Waals surface area contributed by atoms with Crippen molar-refractivity contribution in [2.45, 2.75) is 0 Å².